The molecule has 1 aromatic rings. The number of rotatable bonds is 6. The van der Waals surface area contributed by atoms with E-state index in [9.17, 15) is 0 Å². The summed E-state index contributed by atoms with van der Waals surface area (Å²) in [6, 6.07) is 4.55. The molecular formula is C14H20ClNOS. The van der Waals surface area contributed by atoms with E-state index in [1.807, 2.05) is 30.9 Å². The van der Waals surface area contributed by atoms with Crippen molar-refractivity contribution >= 4 is 23.4 Å². The number of likely N-dealkylation sites (N-methyl/N-ethyl adjacent to an activating group) is 1. The van der Waals surface area contributed by atoms with Crippen LogP contribution in [-0.2, 0) is 12.8 Å². The molecular weight excluding hydrogens is 266 g/mol. The lowest BCUT2D eigenvalue weighted by Gasteiger charge is -2.17. The zero-order chi connectivity index (χ0) is 13.0. The number of halogens is 1. The Hall–Kier alpha value is -0.380. The first kappa shape index (κ1) is 14.0. The summed E-state index contributed by atoms with van der Waals surface area (Å²) < 4.78 is 5.74. The third kappa shape index (κ3) is 3.34. The minimum Gasteiger partial charge on any atom is -0.493 e. The van der Waals surface area contributed by atoms with Gasteiger partial charge in [0.15, 0.2) is 0 Å². The van der Waals surface area contributed by atoms with Crippen LogP contribution in [0.1, 0.15) is 18.1 Å². The van der Waals surface area contributed by atoms with Crippen molar-refractivity contribution in [3.05, 3.63) is 28.3 Å². The van der Waals surface area contributed by atoms with E-state index in [2.05, 4.69) is 12.2 Å². The molecule has 0 aliphatic carbocycles. The maximum Gasteiger partial charge on any atom is 0.125 e. The summed E-state index contributed by atoms with van der Waals surface area (Å²) in [4.78, 5) is 0. The summed E-state index contributed by atoms with van der Waals surface area (Å²) in [5, 5.41) is 4.20. The van der Waals surface area contributed by atoms with Crippen molar-refractivity contribution in [2.45, 2.75) is 25.8 Å². The molecule has 0 fully saturated rings. The van der Waals surface area contributed by atoms with Gasteiger partial charge in [-0.05, 0) is 42.5 Å². The highest BCUT2D eigenvalue weighted by Gasteiger charge is 2.19. The van der Waals surface area contributed by atoms with Gasteiger partial charge < -0.3 is 10.1 Å². The Bertz CT molecular complexity index is 411. The molecule has 1 aliphatic heterocycles. The van der Waals surface area contributed by atoms with Crippen molar-refractivity contribution in [1.29, 1.82) is 0 Å². The smallest absolute Gasteiger partial charge is 0.125 e. The molecule has 1 unspecified atom stereocenters. The first-order valence-electron chi connectivity index (χ1n) is 6.43. The molecule has 4 heteroatoms. The van der Waals surface area contributed by atoms with Gasteiger partial charge in [0.05, 0.1) is 6.61 Å². The Labute approximate surface area is 118 Å². The average Bonchev–Trinajstić information content (AvgIpc) is 2.82. The molecule has 1 aromatic carbocycles. The molecule has 2 rings (SSSR count). The number of benzene rings is 1. The van der Waals surface area contributed by atoms with Crippen molar-refractivity contribution in [2.24, 2.45) is 0 Å². The zero-order valence-electron chi connectivity index (χ0n) is 11.0. The number of fused-ring (bicyclic) bond motifs is 1. The van der Waals surface area contributed by atoms with Crippen molar-refractivity contribution in [2.75, 3.05) is 25.2 Å². The van der Waals surface area contributed by atoms with Crippen LogP contribution in [0.25, 0.3) is 0 Å². The Morgan fingerprint density at radius 1 is 1.50 bits per heavy atom. The zero-order valence-corrected chi connectivity index (χ0v) is 12.5. The highest BCUT2D eigenvalue weighted by atomic mass is 35.5. The second-order valence-electron chi connectivity index (χ2n) is 4.50. The minimum absolute atomic E-state index is 0.474. The summed E-state index contributed by atoms with van der Waals surface area (Å²) in [5.74, 6) is 3.34. The van der Waals surface area contributed by atoms with Gasteiger partial charge in [-0.25, -0.2) is 0 Å². The summed E-state index contributed by atoms with van der Waals surface area (Å²) >= 11 is 8.14. The van der Waals surface area contributed by atoms with Gasteiger partial charge >= 0.3 is 0 Å². The molecule has 1 aliphatic rings. The van der Waals surface area contributed by atoms with Crippen molar-refractivity contribution in [1.82, 2.24) is 5.32 Å². The topological polar surface area (TPSA) is 21.3 Å². The maximum atomic E-state index is 6.18. The lowest BCUT2D eigenvalue weighted by Crippen LogP contribution is -2.30. The van der Waals surface area contributed by atoms with Gasteiger partial charge in [0.25, 0.3) is 0 Å². The summed E-state index contributed by atoms with van der Waals surface area (Å²) in [6.45, 7) is 2.98. The summed E-state index contributed by atoms with van der Waals surface area (Å²) in [5.41, 5.74) is 2.50. The van der Waals surface area contributed by atoms with Crippen LogP contribution in [0.15, 0.2) is 12.1 Å². The molecule has 0 amide bonds. The molecule has 0 aromatic heterocycles. The molecule has 0 spiro atoms. The van der Waals surface area contributed by atoms with Gasteiger partial charge in [0, 0.05) is 23.2 Å². The quantitative estimate of drug-likeness (QED) is 0.867. The lowest BCUT2D eigenvalue weighted by molar-refractivity contribution is 0.352. The van der Waals surface area contributed by atoms with E-state index in [1.54, 1.807) is 0 Å². The van der Waals surface area contributed by atoms with Crippen LogP contribution in [0, 0.1) is 0 Å². The third-order valence-corrected chi connectivity index (χ3v) is 4.49. The number of thioether (sulfide) groups is 1. The second kappa shape index (κ2) is 6.69. The van der Waals surface area contributed by atoms with Gasteiger partial charge in [-0.1, -0.05) is 18.5 Å². The highest BCUT2D eigenvalue weighted by molar-refractivity contribution is 7.99. The van der Waals surface area contributed by atoms with Gasteiger partial charge in [-0.3, -0.25) is 0 Å². The van der Waals surface area contributed by atoms with E-state index in [4.69, 9.17) is 16.3 Å². The Balaban J connectivity index is 2.12. The predicted octanol–water partition coefficient (Wildman–Crippen LogP) is 3.16. The van der Waals surface area contributed by atoms with E-state index in [1.165, 1.54) is 11.1 Å². The first-order chi connectivity index (χ1) is 8.74. The van der Waals surface area contributed by atoms with Crippen LogP contribution in [0.3, 0.4) is 0 Å². The fourth-order valence-electron chi connectivity index (χ4n) is 2.27. The molecule has 18 heavy (non-hydrogen) atoms. The molecule has 0 saturated heterocycles. The van der Waals surface area contributed by atoms with E-state index in [-0.39, 0.29) is 0 Å². The van der Waals surface area contributed by atoms with Crippen LogP contribution >= 0.6 is 23.4 Å². The van der Waals surface area contributed by atoms with E-state index < -0.39 is 0 Å². The van der Waals surface area contributed by atoms with Crippen molar-refractivity contribution < 1.29 is 4.74 Å². The number of hydrogen-bond donors (Lipinski definition) is 1. The largest absolute Gasteiger partial charge is 0.493 e. The third-order valence-electron chi connectivity index (χ3n) is 3.22. The summed E-state index contributed by atoms with van der Waals surface area (Å²) in [7, 11) is 2.02. The average molecular weight is 286 g/mol. The number of ether oxygens (including phenoxy) is 1. The summed E-state index contributed by atoms with van der Waals surface area (Å²) in [6.07, 6.45) is 1.96. The standard InChI is InChI=1S/C14H20ClNOS/c1-3-18-9-13(16-2)8-11-7-12(15)6-10-4-5-17-14(10)11/h6-7,13,16H,3-5,8-9H2,1-2H3. The first-order valence-corrected chi connectivity index (χ1v) is 7.97. The van der Waals surface area contributed by atoms with Crippen molar-refractivity contribution in [3.8, 4) is 5.75 Å². The Kier molecular flexibility index (Phi) is 5.22. The van der Waals surface area contributed by atoms with Gasteiger partial charge in [-0.15, -0.1) is 0 Å². The molecule has 0 bridgehead atoms. The van der Waals surface area contributed by atoms with Crippen LogP contribution in [0.5, 0.6) is 5.75 Å². The molecule has 1 atom stereocenters. The van der Waals surface area contributed by atoms with Crippen LogP contribution in [-0.4, -0.2) is 31.2 Å². The minimum atomic E-state index is 0.474. The van der Waals surface area contributed by atoms with Crippen LogP contribution in [0.2, 0.25) is 5.02 Å². The van der Waals surface area contributed by atoms with E-state index in [0.717, 1.165) is 41.7 Å². The maximum absolute atomic E-state index is 6.18. The van der Waals surface area contributed by atoms with Gasteiger partial charge in [0.2, 0.25) is 0 Å². The molecule has 1 N–H and O–H groups in total. The Morgan fingerprint density at radius 3 is 3.06 bits per heavy atom. The molecule has 0 saturated carbocycles. The predicted molar refractivity (Wildman–Crippen MR) is 80.2 cm³/mol. The fourth-order valence-corrected chi connectivity index (χ4v) is 3.34. The van der Waals surface area contributed by atoms with E-state index in [0.29, 0.717) is 6.04 Å². The molecule has 2 nitrogen and oxygen atoms in total. The van der Waals surface area contributed by atoms with Crippen molar-refractivity contribution in [3.63, 3.8) is 0 Å². The monoisotopic (exact) mass is 285 g/mol. The van der Waals surface area contributed by atoms with Gasteiger partial charge in [0.1, 0.15) is 5.75 Å². The SMILES string of the molecule is CCSCC(Cc1cc(Cl)cc2c1OCC2)NC. The highest BCUT2D eigenvalue weighted by Crippen LogP contribution is 2.33. The molecule has 100 valence electrons. The Morgan fingerprint density at radius 2 is 2.33 bits per heavy atom. The lowest BCUT2D eigenvalue weighted by atomic mass is 10.0. The van der Waals surface area contributed by atoms with Crippen LogP contribution < -0.4 is 10.1 Å². The molecule has 0 radical (unpaired) electrons. The number of hydrogen-bond acceptors (Lipinski definition) is 3. The fraction of sp³-hybridized carbons (Fsp3) is 0.571. The molecule has 1 heterocycles. The van der Waals surface area contributed by atoms with Gasteiger partial charge in [-0.2, -0.15) is 11.8 Å². The van der Waals surface area contributed by atoms with E-state index >= 15 is 0 Å². The second-order valence-corrected chi connectivity index (χ2v) is 6.26. The van der Waals surface area contributed by atoms with Crippen LogP contribution in [0.4, 0.5) is 0 Å². The number of nitrogens with one attached hydrogen (secondary N) is 1. The normalized spacial score (nSPS) is 15.3.